The molecular formula is C20H18Cl2N2OS. The van der Waals surface area contributed by atoms with Crippen molar-refractivity contribution in [1.82, 2.24) is 9.88 Å². The lowest BCUT2D eigenvalue weighted by molar-refractivity contribution is 0.0719. The Labute approximate surface area is 166 Å². The van der Waals surface area contributed by atoms with Crippen LogP contribution in [0.25, 0.3) is 10.6 Å². The van der Waals surface area contributed by atoms with Crippen molar-refractivity contribution in [3.63, 3.8) is 0 Å². The number of benzene rings is 2. The minimum Gasteiger partial charge on any atom is -0.391 e. The number of fused-ring (bicyclic) bond motifs is 1. The third kappa shape index (κ3) is 3.40. The number of nitrogens with zero attached hydrogens (tertiary/aromatic N) is 2. The van der Waals surface area contributed by atoms with Crippen LogP contribution < -0.4 is 0 Å². The molecule has 0 saturated heterocycles. The van der Waals surface area contributed by atoms with E-state index >= 15 is 0 Å². The van der Waals surface area contributed by atoms with E-state index in [9.17, 15) is 5.11 Å². The number of likely N-dealkylation sites (N-methyl/N-ethyl adjacent to an activating group) is 1. The van der Waals surface area contributed by atoms with Gasteiger partial charge in [-0.1, -0.05) is 53.5 Å². The van der Waals surface area contributed by atoms with Crippen molar-refractivity contribution < 1.29 is 5.11 Å². The van der Waals surface area contributed by atoms with Gasteiger partial charge in [-0.25, -0.2) is 4.98 Å². The van der Waals surface area contributed by atoms with Crippen LogP contribution in [-0.2, 0) is 13.0 Å². The third-order valence-corrected chi connectivity index (χ3v) is 6.25. The van der Waals surface area contributed by atoms with Crippen molar-refractivity contribution in [3.8, 4) is 10.6 Å². The third-order valence-electron chi connectivity index (χ3n) is 4.75. The molecule has 0 unspecified atom stereocenters. The lowest BCUT2D eigenvalue weighted by Gasteiger charge is -2.27. The van der Waals surface area contributed by atoms with E-state index in [0.29, 0.717) is 23.0 Å². The molecule has 1 aliphatic rings. The molecule has 0 fully saturated rings. The van der Waals surface area contributed by atoms with Gasteiger partial charge in [0.2, 0.25) is 0 Å². The number of rotatable bonds is 4. The van der Waals surface area contributed by atoms with Gasteiger partial charge in [0, 0.05) is 34.0 Å². The summed E-state index contributed by atoms with van der Waals surface area (Å²) in [6.07, 6.45) is 0.0466. The van der Waals surface area contributed by atoms with Gasteiger partial charge in [0.05, 0.1) is 17.8 Å². The summed E-state index contributed by atoms with van der Waals surface area (Å²) < 4.78 is 0. The summed E-state index contributed by atoms with van der Waals surface area (Å²) in [5.41, 5.74) is 4.11. The zero-order valence-corrected chi connectivity index (χ0v) is 16.5. The summed E-state index contributed by atoms with van der Waals surface area (Å²) in [7, 11) is 2.00. The molecule has 0 aliphatic heterocycles. The van der Waals surface area contributed by atoms with E-state index < -0.39 is 6.10 Å². The van der Waals surface area contributed by atoms with E-state index in [2.05, 4.69) is 22.4 Å². The monoisotopic (exact) mass is 404 g/mol. The predicted octanol–water partition coefficient (Wildman–Crippen LogP) is 5.21. The first kappa shape index (κ1) is 18.0. The minimum absolute atomic E-state index is 0.136. The second-order valence-corrected chi connectivity index (χ2v) is 8.30. The summed E-state index contributed by atoms with van der Waals surface area (Å²) in [4.78, 5) is 6.87. The van der Waals surface area contributed by atoms with E-state index in [1.165, 1.54) is 0 Å². The molecule has 26 heavy (non-hydrogen) atoms. The molecule has 0 saturated carbocycles. The molecule has 3 aromatic rings. The lowest BCUT2D eigenvalue weighted by atomic mass is 10.1. The van der Waals surface area contributed by atoms with E-state index in [1.807, 2.05) is 31.3 Å². The van der Waals surface area contributed by atoms with E-state index in [0.717, 1.165) is 27.4 Å². The van der Waals surface area contributed by atoms with Crippen LogP contribution in [0.15, 0.2) is 47.8 Å². The second-order valence-electron chi connectivity index (χ2n) is 6.60. The summed E-state index contributed by atoms with van der Waals surface area (Å²) >= 11 is 14.1. The van der Waals surface area contributed by atoms with Crippen molar-refractivity contribution in [3.05, 3.63) is 74.7 Å². The van der Waals surface area contributed by atoms with Gasteiger partial charge in [0.15, 0.2) is 0 Å². The van der Waals surface area contributed by atoms with Crippen molar-refractivity contribution in [2.24, 2.45) is 0 Å². The van der Waals surface area contributed by atoms with Gasteiger partial charge in [-0.05, 0) is 30.3 Å². The van der Waals surface area contributed by atoms with E-state index in [4.69, 9.17) is 28.2 Å². The molecule has 134 valence electrons. The minimum atomic E-state index is -0.502. The second kappa shape index (κ2) is 7.29. The van der Waals surface area contributed by atoms with Gasteiger partial charge in [-0.15, -0.1) is 11.3 Å². The molecule has 1 aromatic heterocycles. The van der Waals surface area contributed by atoms with Crippen LogP contribution in [-0.4, -0.2) is 28.1 Å². The summed E-state index contributed by atoms with van der Waals surface area (Å²) in [6.45, 7) is 0.647. The Bertz CT molecular complexity index is 929. The van der Waals surface area contributed by atoms with Crippen molar-refractivity contribution in [2.75, 3.05) is 7.05 Å². The van der Waals surface area contributed by atoms with Crippen LogP contribution in [0.4, 0.5) is 0 Å². The summed E-state index contributed by atoms with van der Waals surface area (Å²) in [5, 5.41) is 14.9. The molecule has 1 aliphatic carbocycles. The molecule has 4 rings (SSSR count). The summed E-state index contributed by atoms with van der Waals surface area (Å²) in [5.74, 6) is 0. The Balaban J connectivity index is 1.56. The molecule has 0 radical (unpaired) electrons. The Hall–Kier alpha value is -1.43. The molecule has 0 amide bonds. The smallest absolute Gasteiger partial charge is 0.123 e. The van der Waals surface area contributed by atoms with Gasteiger partial charge in [-0.3, -0.25) is 4.90 Å². The lowest BCUT2D eigenvalue weighted by Crippen LogP contribution is -2.30. The molecule has 1 heterocycles. The molecular weight excluding hydrogens is 387 g/mol. The van der Waals surface area contributed by atoms with Crippen molar-refractivity contribution in [1.29, 1.82) is 0 Å². The fourth-order valence-electron chi connectivity index (χ4n) is 3.61. The molecule has 0 bridgehead atoms. The molecule has 3 nitrogen and oxygen atoms in total. The quantitative estimate of drug-likeness (QED) is 0.648. The van der Waals surface area contributed by atoms with Crippen LogP contribution in [0.2, 0.25) is 10.0 Å². The van der Waals surface area contributed by atoms with Crippen LogP contribution >= 0.6 is 34.5 Å². The highest BCUT2D eigenvalue weighted by Gasteiger charge is 2.35. The highest BCUT2D eigenvalue weighted by Crippen LogP contribution is 2.41. The average Bonchev–Trinajstić information content (AvgIpc) is 3.20. The maximum atomic E-state index is 10.6. The topological polar surface area (TPSA) is 36.4 Å². The SMILES string of the molecule is CN(Cc1csc(-c2ccccc2)n1)[C@H]1c2cc(Cl)cc(Cl)c2C[C@H]1O. The van der Waals surface area contributed by atoms with Gasteiger partial charge in [0.1, 0.15) is 5.01 Å². The maximum absolute atomic E-state index is 10.6. The molecule has 2 atom stereocenters. The normalized spacial score (nSPS) is 19.1. The number of hydrogen-bond donors (Lipinski definition) is 1. The Morgan fingerprint density at radius 1 is 1.23 bits per heavy atom. The molecule has 1 N–H and O–H groups in total. The zero-order chi connectivity index (χ0) is 18.3. The average molecular weight is 405 g/mol. The number of hydrogen-bond acceptors (Lipinski definition) is 4. The highest BCUT2D eigenvalue weighted by molar-refractivity contribution is 7.13. The van der Waals surface area contributed by atoms with E-state index in [-0.39, 0.29) is 6.04 Å². The van der Waals surface area contributed by atoms with Gasteiger partial charge in [0.25, 0.3) is 0 Å². The molecule has 6 heteroatoms. The number of aliphatic hydroxyl groups is 1. The van der Waals surface area contributed by atoms with Gasteiger partial charge < -0.3 is 5.11 Å². The number of halogens is 2. The fraction of sp³-hybridized carbons (Fsp3) is 0.250. The van der Waals surface area contributed by atoms with Gasteiger partial charge in [-0.2, -0.15) is 0 Å². The maximum Gasteiger partial charge on any atom is 0.123 e. The Morgan fingerprint density at radius 2 is 2.00 bits per heavy atom. The summed E-state index contributed by atoms with van der Waals surface area (Å²) in [6, 6.07) is 13.7. The van der Waals surface area contributed by atoms with Crippen molar-refractivity contribution in [2.45, 2.75) is 25.1 Å². The first-order valence-corrected chi connectivity index (χ1v) is 10.0. The Kier molecular flexibility index (Phi) is 5.04. The first-order chi connectivity index (χ1) is 12.5. The standard InChI is InChI=1S/C20H18Cl2N2OS/c1-24(10-14-11-26-20(23-14)12-5-3-2-4-6-12)19-16-7-13(21)8-17(22)15(16)9-18(19)25/h2-8,11,18-19,25H,9-10H2,1H3/t18-,19+/m1/s1. The Morgan fingerprint density at radius 3 is 2.77 bits per heavy atom. The van der Waals surface area contributed by atoms with Crippen LogP contribution in [0.5, 0.6) is 0 Å². The number of aliphatic hydroxyl groups excluding tert-OH is 1. The van der Waals surface area contributed by atoms with Crippen LogP contribution in [0.1, 0.15) is 22.9 Å². The van der Waals surface area contributed by atoms with Crippen LogP contribution in [0, 0.1) is 0 Å². The van der Waals surface area contributed by atoms with Crippen molar-refractivity contribution >= 4 is 34.5 Å². The molecule has 0 spiro atoms. The van der Waals surface area contributed by atoms with Gasteiger partial charge >= 0.3 is 0 Å². The number of aromatic nitrogens is 1. The number of thiazole rings is 1. The molecule has 2 aromatic carbocycles. The predicted molar refractivity (Wildman–Crippen MR) is 108 cm³/mol. The van der Waals surface area contributed by atoms with Crippen LogP contribution in [0.3, 0.4) is 0 Å². The largest absolute Gasteiger partial charge is 0.391 e. The fourth-order valence-corrected chi connectivity index (χ4v) is 5.01. The zero-order valence-electron chi connectivity index (χ0n) is 14.2. The first-order valence-electron chi connectivity index (χ1n) is 8.39. The highest BCUT2D eigenvalue weighted by atomic mass is 35.5. The van der Waals surface area contributed by atoms with E-state index in [1.54, 1.807) is 17.4 Å².